The summed E-state index contributed by atoms with van der Waals surface area (Å²) >= 11 is 0. The third kappa shape index (κ3) is 3.61. The highest BCUT2D eigenvalue weighted by Gasteiger charge is 2.24. The van der Waals surface area contributed by atoms with E-state index < -0.39 is 0 Å². The minimum absolute atomic E-state index is 0.0195. The molecule has 0 aromatic rings. The van der Waals surface area contributed by atoms with E-state index in [0.717, 1.165) is 25.9 Å². The van der Waals surface area contributed by atoms with E-state index in [4.69, 9.17) is 5.11 Å². The third-order valence-electron chi connectivity index (χ3n) is 3.06. The average molecular weight is 226 g/mol. The minimum atomic E-state index is 0.0195. The van der Waals surface area contributed by atoms with E-state index in [1.54, 1.807) is 17.1 Å². The number of aliphatic hydroxyl groups is 1. The maximum Gasteiger partial charge on any atom is 0.246 e. The largest absolute Gasteiger partial charge is 0.395 e. The Labute approximate surface area is 97.5 Å². The molecule has 1 aliphatic heterocycles. The molecule has 0 bridgehead atoms. The first-order valence-corrected chi connectivity index (χ1v) is 5.91. The second kappa shape index (κ2) is 6.66. The van der Waals surface area contributed by atoms with Gasteiger partial charge in [-0.05, 0) is 46.0 Å². The summed E-state index contributed by atoms with van der Waals surface area (Å²) in [7, 11) is 2.10. The van der Waals surface area contributed by atoms with Crippen LogP contribution in [0.15, 0.2) is 12.2 Å². The molecule has 0 atom stereocenters. The molecule has 1 aliphatic rings. The molecule has 0 unspecified atom stereocenters. The molecule has 1 fully saturated rings. The lowest BCUT2D eigenvalue weighted by molar-refractivity contribution is -0.129. The van der Waals surface area contributed by atoms with Gasteiger partial charge in [0.1, 0.15) is 0 Å². The highest BCUT2D eigenvalue weighted by molar-refractivity contribution is 5.87. The summed E-state index contributed by atoms with van der Waals surface area (Å²) in [5, 5.41) is 9.01. The van der Waals surface area contributed by atoms with Crippen LogP contribution in [0.4, 0.5) is 0 Å². The Morgan fingerprint density at radius 3 is 2.62 bits per heavy atom. The third-order valence-corrected chi connectivity index (χ3v) is 3.06. The zero-order valence-electron chi connectivity index (χ0n) is 10.2. The van der Waals surface area contributed by atoms with Gasteiger partial charge in [0.2, 0.25) is 5.91 Å². The molecule has 1 amide bonds. The zero-order valence-corrected chi connectivity index (χ0v) is 10.2. The molecule has 0 aliphatic carbocycles. The smallest absolute Gasteiger partial charge is 0.246 e. The normalized spacial score (nSPS) is 19.2. The van der Waals surface area contributed by atoms with Crippen molar-refractivity contribution >= 4 is 5.91 Å². The molecular weight excluding hydrogens is 204 g/mol. The molecule has 16 heavy (non-hydrogen) atoms. The maximum absolute atomic E-state index is 11.8. The molecule has 1 N–H and O–H groups in total. The Kier molecular flexibility index (Phi) is 5.49. The van der Waals surface area contributed by atoms with Crippen LogP contribution in [-0.4, -0.2) is 60.1 Å². The molecule has 0 aromatic carbocycles. The van der Waals surface area contributed by atoms with Crippen molar-refractivity contribution in [3.63, 3.8) is 0 Å². The van der Waals surface area contributed by atoms with Crippen LogP contribution in [0.1, 0.15) is 19.8 Å². The molecule has 0 aromatic heterocycles. The van der Waals surface area contributed by atoms with Gasteiger partial charge in [-0.2, -0.15) is 0 Å². The lowest BCUT2D eigenvalue weighted by Gasteiger charge is -2.36. The van der Waals surface area contributed by atoms with Gasteiger partial charge in [-0.15, -0.1) is 0 Å². The first-order chi connectivity index (χ1) is 7.69. The van der Waals surface area contributed by atoms with E-state index in [2.05, 4.69) is 11.9 Å². The van der Waals surface area contributed by atoms with Crippen molar-refractivity contribution in [3.8, 4) is 0 Å². The number of amides is 1. The molecule has 1 heterocycles. The molecule has 0 radical (unpaired) electrons. The summed E-state index contributed by atoms with van der Waals surface area (Å²) in [6.07, 6.45) is 5.33. The van der Waals surface area contributed by atoms with E-state index in [1.807, 2.05) is 6.92 Å². The maximum atomic E-state index is 11.8. The van der Waals surface area contributed by atoms with Crippen molar-refractivity contribution in [2.75, 3.05) is 33.3 Å². The summed E-state index contributed by atoms with van der Waals surface area (Å²) in [5.41, 5.74) is 0. The Morgan fingerprint density at radius 2 is 2.12 bits per heavy atom. The van der Waals surface area contributed by atoms with E-state index in [9.17, 15) is 4.79 Å². The number of allylic oxidation sites excluding steroid dienone is 1. The van der Waals surface area contributed by atoms with Crippen LogP contribution in [0.2, 0.25) is 0 Å². The van der Waals surface area contributed by atoms with Crippen LogP contribution in [0.3, 0.4) is 0 Å². The van der Waals surface area contributed by atoms with Gasteiger partial charge in [-0.25, -0.2) is 0 Å². The average Bonchev–Trinajstić information content (AvgIpc) is 2.28. The number of likely N-dealkylation sites (tertiary alicyclic amines) is 1. The number of carbonyl (C=O) groups excluding carboxylic acids is 1. The Balaban J connectivity index is 2.58. The summed E-state index contributed by atoms with van der Waals surface area (Å²) in [5.74, 6) is 0.0195. The standard InChI is InChI=1S/C12H22N2O2/c1-3-4-12(16)14(9-10-15)11-5-7-13(2)8-6-11/h3-4,11,15H,5-10H2,1-2H3. The molecular formula is C12H22N2O2. The lowest BCUT2D eigenvalue weighted by Crippen LogP contribution is -2.47. The van der Waals surface area contributed by atoms with Crippen molar-refractivity contribution in [2.45, 2.75) is 25.8 Å². The molecule has 92 valence electrons. The first-order valence-electron chi connectivity index (χ1n) is 5.91. The number of rotatable bonds is 4. The SMILES string of the molecule is CC=CC(=O)N(CCO)C1CCN(C)CC1. The summed E-state index contributed by atoms with van der Waals surface area (Å²) < 4.78 is 0. The van der Waals surface area contributed by atoms with E-state index in [1.165, 1.54) is 0 Å². The van der Waals surface area contributed by atoms with Crippen molar-refractivity contribution < 1.29 is 9.90 Å². The molecule has 4 nitrogen and oxygen atoms in total. The minimum Gasteiger partial charge on any atom is -0.395 e. The molecule has 1 rings (SSSR count). The number of hydrogen-bond acceptors (Lipinski definition) is 3. The number of piperidine rings is 1. The van der Waals surface area contributed by atoms with Crippen molar-refractivity contribution in [2.24, 2.45) is 0 Å². The number of carbonyl (C=O) groups is 1. The van der Waals surface area contributed by atoms with Crippen LogP contribution in [0, 0.1) is 0 Å². The van der Waals surface area contributed by atoms with Gasteiger partial charge in [0.15, 0.2) is 0 Å². The lowest BCUT2D eigenvalue weighted by atomic mass is 10.0. The summed E-state index contributed by atoms with van der Waals surface area (Å²) in [4.78, 5) is 15.9. The highest BCUT2D eigenvalue weighted by Crippen LogP contribution is 2.15. The second-order valence-electron chi connectivity index (χ2n) is 4.29. The number of hydrogen-bond donors (Lipinski definition) is 1. The molecule has 4 heteroatoms. The predicted molar refractivity (Wildman–Crippen MR) is 64.1 cm³/mol. The van der Waals surface area contributed by atoms with Gasteiger partial charge in [0.05, 0.1) is 6.61 Å². The van der Waals surface area contributed by atoms with E-state index in [-0.39, 0.29) is 18.6 Å². The molecule has 0 saturated carbocycles. The first kappa shape index (κ1) is 13.2. The van der Waals surface area contributed by atoms with Gasteiger partial charge < -0.3 is 14.9 Å². The quantitative estimate of drug-likeness (QED) is 0.709. The van der Waals surface area contributed by atoms with Gasteiger partial charge >= 0.3 is 0 Å². The number of aliphatic hydroxyl groups excluding tert-OH is 1. The van der Waals surface area contributed by atoms with Gasteiger partial charge in [-0.1, -0.05) is 6.08 Å². The molecule has 0 spiro atoms. The fourth-order valence-corrected chi connectivity index (χ4v) is 2.13. The van der Waals surface area contributed by atoms with Gasteiger partial charge in [0, 0.05) is 12.6 Å². The number of nitrogens with zero attached hydrogens (tertiary/aromatic N) is 2. The van der Waals surface area contributed by atoms with E-state index in [0.29, 0.717) is 6.54 Å². The summed E-state index contributed by atoms with van der Waals surface area (Å²) in [6.45, 7) is 4.36. The van der Waals surface area contributed by atoms with Crippen LogP contribution < -0.4 is 0 Å². The van der Waals surface area contributed by atoms with Crippen LogP contribution in [0.25, 0.3) is 0 Å². The summed E-state index contributed by atoms with van der Waals surface area (Å²) in [6, 6.07) is 0.284. The van der Waals surface area contributed by atoms with Gasteiger partial charge in [-0.3, -0.25) is 4.79 Å². The van der Waals surface area contributed by atoms with Crippen molar-refractivity contribution in [1.29, 1.82) is 0 Å². The van der Waals surface area contributed by atoms with Crippen LogP contribution in [-0.2, 0) is 4.79 Å². The van der Waals surface area contributed by atoms with Crippen molar-refractivity contribution in [3.05, 3.63) is 12.2 Å². The highest BCUT2D eigenvalue weighted by atomic mass is 16.3. The van der Waals surface area contributed by atoms with Crippen molar-refractivity contribution in [1.82, 2.24) is 9.80 Å². The Hall–Kier alpha value is -0.870. The second-order valence-corrected chi connectivity index (χ2v) is 4.29. The fourth-order valence-electron chi connectivity index (χ4n) is 2.13. The van der Waals surface area contributed by atoms with Crippen LogP contribution >= 0.6 is 0 Å². The molecule has 1 saturated heterocycles. The van der Waals surface area contributed by atoms with E-state index >= 15 is 0 Å². The Bertz CT molecular complexity index is 245. The Morgan fingerprint density at radius 1 is 1.50 bits per heavy atom. The topological polar surface area (TPSA) is 43.8 Å². The monoisotopic (exact) mass is 226 g/mol. The predicted octanol–water partition coefficient (Wildman–Crippen LogP) is 0.478. The van der Waals surface area contributed by atoms with Gasteiger partial charge in [0.25, 0.3) is 0 Å². The van der Waals surface area contributed by atoms with Crippen LogP contribution in [0.5, 0.6) is 0 Å². The zero-order chi connectivity index (χ0) is 12.0. The fraction of sp³-hybridized carbons (Fsp3) is 0.750.